The van der Waals surface area contributed by atoms with Gasteiger partial charge in [0.1, 0.15) is 5.54 Å². The van der Waals surface area contributed by atoms with Gasteiger partial charge in [-0.2, -0.15) is 5.26 Å². The first-order valence-electron chi connectivity index (χ1n) is 3.70. The van der Waals surface area contributed by atoms with E-state index in [4.69, 9.17) is 10.4 Å². The predicted octanol–water partition coefficient (Wildman–Crippen LogP) is 0.601. The molecule has 0 saturated carbocycles. The van der Waals surface area contributed by atoms with Crippen molar-refractivity contribution in [2.24, 2.45) is 0 Å². The second kappa shape index (κ2) is 3.70. The van der Waals surface area contributed by atoms with E-state index in [2.05, 4.69) is 6.07 Å². The number of hydrogen-bond donors (Lipinski definition) is 1. The third-order valence-electron chi connectivity index (χ3n) is 1.77. The van der Waals surface area contributed by atoms with E-state index in [1.807, 2.05) is 25.8 Å². The Morgan fingerprint density at radius 1 is 1.64 bits per heavy atom. The predicted molar refractivity (Wildman–Crippen MR) is 44.0 cm³/mol. The molecule has 0 aliphatic heterocycles. The summed E-state index contributed by atoms with van der Waals surface area (Å²) in [6, 6.07) is 2.16. The van der Waals surface area contributed by atoms with Crippen molar-refractivity contribution in [3.63, 3.8) is 0 Å². The summed E-state index contributed by atoms with van der Waals surface area (Å²) in [6.45, 7) is 5.90. The molecule has 0 saturated heterocycles. The van der Waals surface area contributed by atoms with Crippen molar-refractivity contribution >= 4 is 0 Å². The highest BCUT2D eigenvalue weighted by molar-refractivity contribution is 5.00. The summed E-state index contributed by atoms with van der Waals surface area (Å²) in [5.74, 6) is 0. The average molecular weight is 156 g/mol. The van der Waals surface area contributed by atoms with Crippen molar-refractivity contribution in [1.29, 1.82) is 5.26 Å². The van der Waals surface area contributed by atoms with E-state index in [0.29, 0.717) is 6.54 Å². The SMILES string of the molecule is CC(O)CN(C)C(C)(C)C#N. The van der Waals surface area contributed by atoms with E-state index in [0.717, 1.165) is 0 Å². The normalized spacial score (nSPS) is 14.6. The summed E-state index contributed by atoms with van der Waals surface area (Å²) in [5, 5.41) is 17.7. The molecule has 0 aliphatic rings. The molecule has 0 radical (unpaired) electrons. The summed E-state index contributed by atoms with van der Waals surface area (Å²) in [5.41, 5.74) is -0.489. The van der Waals surface area contributed by atoms with Gasteiger partial charge in [0.25, 0.3) is 0 Å². The molecule has 3 nitrogen and oxygen atoms in total. The Morgan fingerprint density at radius 2 is 2.09 bits per heavy atom. The third-order valence-corrected chi connectivity index (χ3v) is 1.77. The first kappa shape index (κ1) is 10.4. The maximum Gasteiger partial charge on any atom is 0.103 e. The van der Waals surface area contributed by atoms with Crippen LogP contribution in [0.2, 0.25) is 0 Å². The Morgan fingerprint density at radius 3 is 2.36 bits per heavy atom. The molecule has 0 aromatic carbocycles. The van der Waals surface area contributed by atoms with Crippen LogP contribution in [0.4, 0.5) is 0 Å². The zero-order valence-electron chi connectivity index (χ0n) is 7.63. The Hall–Kier alpha value is -0.590. The van der Waals surface area contributed by atoms with E-state index in [-0.39, 0.29) is 6.10 Å². The van der Waals surface area contributed by atoms with Crippen LogP contribution in [0.3, 0.4) is 0 Å². The molecule has 11 heavy (non-hydrogen) atoms. The molecule has 0 spiro atoms. The van der Waals surface area contributed by atoms with Crippen molar-refractivity contribution in [3.05, 3.63) is 0 Å². The van der Waals surface area contributed by atoms with E-state index in [1.165, 1.54) is 0 Å². The molecule has 0 bridgehead atoms. The van der Waals surface area contributed by atoms with Gasteiger partial charge in [-0.15, -0.1) is 0 Å². The van der Waals surface area contributed by atoms with E-state index in [1.54, 1.807) is 6.92 Å². The van der Waals surface area contributed by atoms with Gasteiger partial charge >= 0.3 is 0 Å². The first-order valence-corrected chi connectivity index (χ1v) is 3.70. The fourth-order valence-electron chi connectivity index (χ4n) is 0.710. The minimum Gasteiger partial charge on any atom is -0.392 e. The second-order valence-corrected chi connectivity index (χ2v) is 3.40. The second-order valence-electron chi connectivity index (χ2n) is 3.40. The molecule has 1 N–H and O–H groups in total. The van der Waals surface area contributed by atoms with Gasteiger partial charge in [-0.05, 0) is 27.8 Å². The number of nitriles is 1. The molecule has 0 fully saturated rings. The Bertz CT molecular complexity index is 158. The topological polar surface area (TPSA) is 47.3 Å². The molecule has 0 aromatic rings. The lowest BCUT2D eigenvalue weighted by atomic mass is 10.1. The van der Waals surface area contributed by atoms with Gasteiger partial charge in [-0.1, -0.05) is 0 Å². The minimum absolute atomic E-state index is 0.382. The number of aliphatic hydroxyl groups is 1. The van der Waals surface area contributed by atoms with Gasteiger partial charge in [-0.3, -0.25) is 4.90 Å². The third kappa shape index (κ3) is 3.35. The van der Waals surface area contributed by atoms with Gasteiger partial charge < -0.3 is 5.11 Å². The number of nitrogens with zero attached hydrogens (tertiary/aromatic N) is 2. The number of aliphatic hydroxyl groups excluding tert-OH is 1. The Balaban J connectivity index is 4.04. The van der Waals surface area contributed by atoms with Crippen molar-refractivity contribution in [2.75, 3.05) is 13.6 Å². The van der Waals surface area contributed by atoms with Gasteiger partial charge in [0.2, 0.25) is 0 Å². The maximum absolute atomic E-state index is 9.03. The standard InChI is InChI=1S/C8H16N2O/c1-7(11)5-10(4)8(2,3)6-9/h7,11H,5H2,1-4H3. The number of likely N-dealkylation sites (N-methyl/N-ethyl adjacent to an activating group) is 1. The zero-order chi connectivity index (χ0) is 9.07. The number of β-amino-alcohol motifs (C(OH)–C–C–N with tert-alkyl or cyclic N) is 1. The van der Waals surface area contributed by atoms with Crippen LogP contribution in [-0.4, -0.2) is 35.2 Å². The molecule has 64 valence electrons. The summed E-state index contributed by atoms with van der Waals surface area (Å²) < 4.78 is 0. The van der Waals surface area contributed by atoms with E-state index < -0.39 is 5.54 Å². The molecular weight excluding hydrogens is 140 g/mol. The smallest absolute Gasteiger partial charge is 0.103 e. The lowest BCUT2D eigenvalue weighted by molar-refractivity contribution is 0.105. The number of hydrogen-bond acceptors (Lipinski definition) is 3. The quantitative estimate of drug-likeness (QED) is 0.651. The maximum atomic E-state index is 9.03. The van der Waals surface area contributed by atoms with Crippen LogP contribution in [0.5, 0.6) is 0 Å². The molecule has 0 aromatic heterocycles. The fraction of sp³-hybridized carbons (Fsp3) is 0.875. The van der Waals surface area contributed by atoms with Gasteiger partial charge in [0.15, 0.2) is 0 Å². The Kier molecular flexibility index (Phi) is 3.50. The fourth-order valence-corrected chi connectivity index (χ4v) is 0.710. The lowest BCUT2D eigenvalue weighted by Crippen LogP contribution is -2.43. The highest BCUT2D eigenvalue weighted by Gasteiger charge is 2.23. The monoisotopic (exact) mass is 156 g/mol. The number of rotatable bonds is 3. The minimum atomic E-state index is -0.489. The summed E-state index contributed by atoms with van der Waals surface area (Å²) in [6.07, 6.45) is -0.382. The van der Waals surface area contributed by atoms with Crippen LogP contribution in [0.15, 0.2) is 0 Å². The largest absolute Gasteiger partial charge is 0.392 e. The van der Waals surface area contributed by atoms with Crippen LogP contribution in [0.1, 0.15) is 20.8 Å². The van der Waals surface area contributed by atoms with Crippen molar-refractivity contribution < 1.29 is 5.11 Å². The molecule has 0 heterocycles. The van der Waals surface area contributed by atoms with Gasteiger partial charge in [0.05, 0.1) is 12.2 Å². The summed E-state index contributed by atoms with van der Waals surface area (Å²) in [4.78, 5) is 1.83. The summed E-state index contributed by atoms with van der Waals surface area (Å²) >= 11 is 0. The first-order chi connectivity index (χ1) is 4.90. The molecule has 1 unspecified atom stereocenters. The van der Waals surface area contributed by atoms with Crippen LogP contribution < -0.4 is 0 Å². The van der Waals surface area contributed by atoms with Crippen molar-refractivity contribution in [1.82, 2.24) is 4.90 Å². The van der Waals surface area contributed by atoms with Gasteiger partial charge in [0, 0.05) is 6.54 Å². The van der Waals surface area contributed by atoms with Crippen LogP contribution in [0.25, 0.3) is 0 Å². The highest BCUT2D eigenvalue weighted by Crippen LogP contribution is 2.10. The summed E-state index contributed by atoms with van der Waals surface area (Å²) in [7, 11) is 1.83. The van der Waals surface area contributed by atoms with E-state index >= 15 is 0 Å². The Labute approximate surface area is 68.2 Å². The highest BCUT2D eigenvalue weighted by atomic mass is 16.3. The molecule has 0 aliphatic carbocycles. The van der Waals surface area contributed by atoms with Crippen LogP contribution >= 0.6 is 0 Å². The molecule has 3 heteroatoms. The zero-order valence-corrected chi connectivity index (χ0v) is 7.63. The molecular formula is C8H16N2O. The van der Waals surface area contributed by atoms with Crippen LogP contribution in [-0.2, 0) is 0 Å². The molecule has 0 rings (SSSR count). The molecule has 1 atom stereocenters. The van der Waals surface area contributed by atoms with E-state index in [9.17, 15) is 0 Å². The van der Waals surface area contributed by atoms with Crippen LogP contribution in [0, 0.1) is 11.3 Å². The van der Waals surface area contributed by atoms with Crippen molar-refractivity contribution in [3.8, 4) is 6.07 Å². The lowest BCUT2D eigenvalue weighted by Gasteiger charge is -2.29. The van der Waals surface area contributed by atoms with Gasteiger partial charge in [-0.25, -0.2) is 0 Å². The molecule has 0 amide bonds. The average Bonchev–Trinajstić information content (AvgIpc) is 1.86. The van der Waals surface area contributed by atoms with Crippen molar-refractivity contribution in [2.45, 2.75) is 32.4 Å².